The molecule has 0 atom stereocenters. The number of fused-ring (bicyclic) bond motifs is 8. The average molecular weight is 655 g/mol. The van der Waals surface area contributed by atoms with Crippen LogP contribution in [-0.4, -0.2) is 0 Å². The Kier molecular flexibility index (Phi) is 11.3. The average Bonchev–Trinajstić information content (AvgIpc) is 3.15. The highest BCUT2D eigenvalue weighted by Gasteiger charge is 2.19. The molecule has 0 amide bonds. The van der Waals surface area contributed by atoms with Crippen LogP contribution in [0.15, 0.2) is 97.1 Å². The van der Waals surface area contributed by atoms with Crippen molar-refractivity contribution in [3.8, 4) is 0 Å². The van der Waals surface area contributed by atoms with Gasteiger partial charge in [0.1, 0.15) is 0 Å². The van der Waals surface area contributed by atoms with E-state index in [0.717, 1.165) is 0 Å². The van der Waals surface area contributed by atoms with Crippen LogP contribution in [0.4, 0.5) is 0 Å². The van der Waals surface area contributed by atoms with Gasteiger partial charge in [0.2, 0.25) is 0 Å². The maximum absolute atomic E-state index is 2.59. The van der Waals surface area contributed by atoms with E-state index in [2.05, 4.69) is 135 Å². The molecule has 254 valence electrons. The molecule has 0 fully saturated rings. The van der Waals surface area contributed by atoms with Gasteiger partial charge in [-0.05, 0) is 126 Å². The van der Waals surface area contributed by atoms with Crippen LogP contribution in [0.1, 0.15) is 124 Å². The molecule has 0 saturated carbocycles. The first-order valence-electron chi connectivity index (χ1n) is 19.7. The predicted octanol–water partition coefficient (Wildman–Crippen LogP) is 15.3. The fourth-order valence-electron chi connectivity index (χ4n) is 8.03. The number of benzene rings is 5. The van der Waals surface area contributed by atoms with E-state index in [1.54, 1.807) is 11.1 Å². The largest absolute Gasteiger partial charge is 0.0654 e. The van der Waals surface area contributed by atoms with Gasteiger partial charge in [-0.15, -0.1) is 0 Å². The molecule has 7 aromatic rings. The minimum atomic E-state index is 1.22. The monoisotopic (exact) mass is 654 g/mol. The van der Waals surface area contributed by atoms with Gasteiger partial charge < -0.3 is 0 Å². The maximum Gasteiger partial charge on any atom is -0.00921 e. The Morgan fingerprint density at radius 2 is 0.680 bits per heavy atom. The minimum Gasteiger partial charge on any atom is -0.0654 e. The summed E-state index contributed by atoms with van der Waals surface area (Å²) in [6.45, 7) is 4.62. The zero-order valence-corrected chi connectivity index (χ0v) is 30.4. The molecule has 0 bridgehead atoms. The molecule has 0 radical (unpaired) electrons. The third-order valence-electron chi connectivity index (χ3n) is 11.0. The second-order valence-corrected chi connectivity index (χ2v) is 14.7. The highest BCUT2D eigenvalue weighted by molar-refractivity contribution is 6.35. The van der Waals surface area contributed by atoms with E-state index >= 15 is 0 Å². The molecular weight excluding hydrogens is 601 g/mol. The van der Waals surface area contributed by atoms with E-state index < -0.39 is 0 Å². The number of hydrogen-bond acceptors (Lipinski definition) is 0. The summed E-state index contributed by atoms with van der Waals surface area (Å²) in [7, 11) is 0. The number of hydrogen-bond donors (Lipinski definition) is 0. The molecule has 0 unspecified atom stereocenters. The normalized spacial score (nSPS) is 12.4. The Labute approximate surface area is 300 Å². The van der Waals surface area contributed by atoms with Crippen molar-refractivity contribution in [1.82, 2.24) is 0 Å². The van der Waals surface area contributed by atoms with Gasteiger partial charge in [0.05, 0.1) is 0 Å². The summed E-state index contributed by atoms with van der Waals surface area (Å²) >= 11 is 0. The van der Waals surface area contributed by atoms with Crippen molar-refractivity contribution in [1.29, 1.82) is 0 Å². The van der Waals surface area contributed by atoms with Crippen molar-refractivity contribution >= 4 is 67.4 Å². The summed E-state index contributed by atoms with van der Waals surface area (Å²) in [6, 6.07) is 36.3. The highest BCUT2D eigenvalue weighted by atomic mass is 14.2. The van der Waals surface area contributed by atoms with E-state index in [0.29, 0.717) is 0 Å². The molecule has 0 N–H and O–H groups in total. The zero-order chi connectivity index (χ0) is 34.1. The van der Waals surface area contributed by atoms with Crippen LogP contribution in [0, 0.1) is 0 Å². The van der Waals surface area contributed by atoms with Crippen LogP contribution >= 0.6 is 0 Å². The first kappa shape index (κ1) is 34.0. The van der Waals surface area contributed by atoms with Crippen molar-refractivity contribution in [3.05, 3.63) is 130 Å². The number of unbranched alkanes of at least 4 members (excludes halogenated alkanes) is 10. The summed E-state index contributed by atoms with van der Waals surface area (Å²) in [4.78, 5) is 0. The summed E-state index contributed by atoms with van der Waals surface area (Å²) in [6.07, 6.45) is 27.8. The van der Waals surface area contributed by atoms with Crippen LogP contribution in [0.2, 0.25) is 0 Å². The van der Waals surface area contributed by atoms with Crippen LogP contribution in [0.3, 0.4) is 0 Å². The number of aryl methyl sites for hydroxylation is 2. The van der Waals surface area contributed by atoms with Crippen LogP contribution in [0.25, 0.3) is 67.4 Å². The molecule has 0 heterocycles. The van der Waals surface area contributed by atoms with Gasteiger partial charge in [0.15, 0.2) is 0 Å². The Bertz CT molecular complexity index is 2010. The van der Waals surface area contributed by atoms with Gasteiger partial charge in [-0.1, -0.05) is 175 Å². The lowest BCUT2D eigenvalue weighted by atomic mass is 9.82. The second kappa shape index (κ2) is 16.5. The summed E-state index contributed by atoms with van der Waals surface area (Å²) < 4.78 is 0. The SMILES string of the molecule is CCCCCCCCc1cc2c(cc1CCCCCCCC)c1cc3c4cc(C=Cc5ccccc5)c(C=Cc5ccccc5)cc4c3cc21. The fourth-order valence-corrected chi connectivity index (χ4v) is 8.03. The number of rotatable bonds is 18. The molecular formula is C50H54. The minimum absolute atomic E-state index is 1.22. The zero-order valence-electron chi connectivity index (χ0n) is 30.4. The van der Waals surface area contributed by atoms with Crippen LogP contribution < -0.4 is 0 Å². The van der Waals surface area contributed by atoms with Crippen LogP contribution in [0.5, 0.6) is 0 Å². The van der Waals surface area contributed by atoms with Crippen molar-refractivity contribution in [2.75, 3.05) is 0 Å². The van der Waals surface area contributed by atoms with E-state index in [-0.39, 0.29) is 0 Å². The van der Waals surface area contributed by atoms with Gasteiger partial charge in [-0.25, -0.2) is 0 Å². The molecule has 0 saturated heterocycles. The third kappa shape index (κ3) is 7.66. The van der Waals surface area contributed by atoms with Gasteiger partial charge in [-0.3, -0.25) is 0 Å². The van der Waals surface area contributed by atoms with Gasteiger partial charge in [-0.2, -0.15) is 0 Å². The smallest absolute Gasteiger partial charge is 0.00921 e. The van der Waals surface area contributed by atoms with E-state index in [1.165, 1.54) is 155 Å². The lowest BCUT2D eigenvalue weighted by molar-refractivity contribution is 0.599. The predicted molar refractivity (Wildman–Crippen MR) is 224 cm³/mol. The summed E-state index contributed by atoms with van der Waals surface area (Å²) in [5, 5.41) is 11.5. The lowest BCUT2D eigenvalue weighted by Gasteiger charge is -2.21. The van der Waals surface area contributed by atoms with Crippen LogP contribution in [-0.2, 0) is 12.8 Å². The van der Waals surface area contributed by atoms with Crippen molar-refractivity contribution in [2.24, 2.45) is 0 Å². The summed E-state index contributed by atoms with van der Waals surface area (Å²) in [5.41, 5.74) is 8.19. The van der Waals surface area contributed by atoms with Crippen molar-refractivity contribution < 1.29 is 0 Å². The van der Waals surface area contributed by atoms with Gasteiger partial charge in [0.25, 0.3) is 0 Å². The Morgan fingerprint density at radius 3 is 1.08 bits per heavy atom. The van der Waals surface area contributed by atoms with E-state index in [4.69, 9.17) is 0 Å². The maximum atomic E-state index is 2.59. The standard InChI is InChI=1S/C50H54/c1-3-5-7-9-11-19-25-39-31-43-44(32-40(39)26-20-12-10-8-6-4-2)48-36-50-46-34-42(30-28-38-23-17-14-18-24-38)41(29-27-37-21-15-13-16-22-37)33-45(46)49(50)35-47(43)48/h13-18,21-24,27-36H,3-12,19-20,25-26H2,1-2H3. The molecule has 50 heavy (non-hydrogen) atoms. The molecule has 0 aliphatic heterocycles. The molecule has 0 aromatic heterocycles. The van der Waals surface area contributed by atoms with E-state index in [9.17, 15) is 0 Å². The topological polar surface area (TPSA) is 0 Å². The quantitative estimate of drug-likeness (QED) is 0.0638. The Balaban J connectivity index is 1.23. The first-order chi connectivity index (χ1) is 24.7. The molecule has 7 rings (SSSR count). The molecule has 0 heteroatoms. The molecule has 0 spiro atoms. The van der Waals surface area contributed by atoms with Gasteiger partial charge >= 0.3 is 0 Å². The fraction of sp³-hybridized carbons (Fsp3) is 0.320. The molecule has 0 nitrogen and oxygen atoms in total. The van der Waals surface area contributed by atoms with Gasteiger partial charge in [0, 0.05) is 0 Å². The molecule has 0 aliphatic carbocycles. The Morgan fingerprint density at radius 1 is 0.340 bits per heavy atom. The molecule has 7 aromatic carbocycles. The highest BCUT2D eigenvalue weighted by Crippen LogP contribution is 2.46. The van der Waals surface area contributed by atoms with Crippen molar-refractivity contribution in [3.63, 3.8) is 0 Å². The Hall–Kier alpha value is -4.42. The van der Waals surface area contributed by atoms with Crippen molar-refractivity contribution in [2.45, 2.75) is 104 Å². The molecule has 0 aliphatic rings. The summed E-state index contributed by atoms with van der Waals surface area (Å²) in [5.74, 6) is 0. The van der Waals surface area contributed by atoms with E-state index in [1.807, 2.05) is 0 Å². The second-order valence-electron chi connectivity index (χ2n) is 14.7. The lowest BCUT2D eigenvalue weighted by Crippen LogP contribution is -1.99. The third-order valence-corrected chi connectivity index (χ3v) is 11.0. The first-order valence-corrected chi connectivity index (χ1v) is 19.7.